The maximum atomic E-state index is 12.3. The molecule has 0 bridgehead atoms. The molecule has 1 saturated heterocycles. The topological polar surface area (TPSA) is 29.5 Å². The largest absolute Gasteiger partial charge is 0.450 e. The molecule has 3 rings (SSSR count). The molecule has 0 aromatic carbocycles. The number of fused-ring (bicyclic) bond motifs is 3. The van der Waals surface area contributed by atoms with E-state index in [1.54, 1.807) is 6.08 Å². The fourth-order valence-electron chi connectivity index (χ4n) is 4.72. The van der Waals surface area contributed by atoms with Gasteiger partial charge in [0.15, 0.2) is 5.60 Å². The van der Waals surface area contributed by atoms with Gasteiger partial charge in [-0.05, 0) is 64.1 Å². The highest BCUT2D eigenvalue weighted by Gasteiger charge is 2.51. The number of hydrogen-bond donors (Lipinski definition) is 0. The number of rotatable bonds is 6. The van der Waals surface area contributed by atoms with Crippen LogP contribution >= 0.6 is 23.2 Å². The Hall–Kier alpha value is -1.21. The van der Waals surface area contributed by atoms with Gasteiger partial charge in [-0.1, -0.05) is 24.3 Å². The van der Waals surface area contributed by atoms with Gasteiger partial charge in [-0.3, -0.25) is 4.90 Å². The van der Waals surface area contributed by atoms with E-state index in [4.69, 9.17) is 27.9 Å². The number of esters is 1. The lowest BCUT2D eigenvalue weighted by Crippen LogP contribution is -2.55. The van der Waals surface area contributed by atoms with Crippen molar-refractivity contribution in [3.63, 3.8) is 0 Å². The first-order valence-corrected chi connectivity index (χ1v) is 11.8. The molecule has 0 unspecified atom stereocenters. The van der Waals surface area contributed by atoms with Crippen molar-refractivity contribution < 1.29 is 9.53 Å². The molecule has 0 aromatic heterocycles. The van der Waals surface area contributed by atoms with Crippen molar-refractivity contribution in [2.24, 2.45) is 0 Å². The number of carbonyl (C=O) groups is 1. The minimum Gasteiger partial charge on any atom is -0.450 e. The lowest BCUT2D eigenvalue weighted by molar-refractivity contribution is -0.151. The summed E-state index contributed by atoms with van der Waals surface area (Å²) in [6.07, 6.45) is 12.9. The first-order chi connectivity index (χ1) is 14.0. The fraction of sp³-hybridized carbons (Fsp3) is 0.625. The molecule has 29 heavy (non-hydrogen) atoms. The van der Waals surface area contributed by atoms with E-state index in [-0.39, 0.29) is 18.1 Å². The van der Waals surface area contributed by atoms with E-state index in [0.717, 1.165) is 55.4 Å². The van der Waals surface area contributed by atoms with Crippen LogP contribution in [0.5, 0.6) is 0 Å². The van der Waals surface area contributed by atoms with Gasteiger partial charge >= 0.3 is 5.97 Å². The molecule has 3 aliphatic heterocycles. The average molecular weight is 436 g/mol. The third-order valence-electron chi connectivity index (χ3n) is 6.14. The Bertz CT molecular complexity index is 773. The van der Waals surface area contributed by atoms with Gasteiger partial charge in [-0.2, -0.15) is 0 Å². The van der Waals surface area contributed by atoms with E-state index < -0.39 is 5.60 Å². The summed E-state index contributed by atoms with van der Waals surface area (Å²) in [6.45, 7) is 5.36. The summed E-state index contributed by atoms with van der Waals surface area (Å²) in [4.78, 5) is 14.8. The van der Waals surface area contributed by atoms with Crippen molar-refractivity contribution in [2.45, 2.75) is 76.5 Å². The molecular weight excluding hydrogens is 405 g/mol. The minimum absolute atomic E-state index is 0.215. The fourth-order valence-corrected chi connectivity index (χ4v) is 4.99. The Morgan fingerprint density at radius 3 is 2.90 bits per heavy atom. The summed E-state index contributed by atoms with van der Waals surface area (Å²) in [5, 5.41) is 0. The molecule has 0 saturated carbocycles. The summed E-state index contributed by atoms with van der Waals surface area (Å²) in [7, 11) is 0. The van der Waals surface area contributed by atoms with Gasteiger partial charge < -0.3 is 4.74 Å². The third-order valence-corrected chi connectivity index (χ3v) is 6.67. The molecule has 3 aliphatic rings. The number of carbonyl (C=O) groups excluding carboxylic acids is 1. The second-order valence-corrected chi connectivity index (χ2v) is 9.01. The number of allylic oxidation sites excluding steroid dienone is 2. The van der Waals surface area contributed by atoms with Gasteiger partial charge in [0.05, 0.1) is 6.04 Å². The van der Waals surface area contributed by atoms with Crippen LogP contribution in [-0.4, -0.2) is 46.9 Å². The van der Waals surface area contributed by atoms with Gasteiger partial charge in [0, 0.05) is 41.4 Å². The number of alkyl halides is 2. The van der Waals surface area contributed by atoms with Crippen LogP contribution in [0.4, 0.5) is 0 Å². The Labute approximate surface area is 185 Å². The normalized spacial score (nSPS) is 29.7. The Morgan fingerprint density at radius 2 is 2.14 bits per heavy atom. The Balaban J connectivity index is 1.99. The van der Waals surface area contributed by atoms with Crippen molar-refractivity contribution in [1.29, 1.82) is 0 Å². The van der Waals surface area contributed by atoms with E-state index in [1.807, 2.05) is 0 Å². The second-order valence-electron chi connectivity index (χ2n) is 8.25. The molecule has 158 valence electrons. The van der Waals surface area contributed by atoms with Crippen molar-refractivity contribution in [1.82, 2.24) is 4.90 Å². The molecule has 0 radical (unpaired) electrons. The lowest BCUT2D eigenvalue weighted by Gasteiger charge is -2.45. The van der Waals surface area contributed by atoms with Crippen LogP contribution in [-0.2, 0) is 9.53 Å². The molecule has 3 nitrogen and oxygen atoms in total. The SMILES string of the molecule is C[C@H]1C=C(/C=C(\C#CCCCCl)CCCCl)C2=CC(=O)O[C@]2(C)[C@H]2CCCCN12. The van der Waals surface area contributed by atoms with Gasteiger partial charge in [0.2, 0.25) is 0 Å². The van der Waals surface area contributed by atoms with Crippen LogP contribution in [0, 0.1) is 11.8 Å². The van der Waals surface area contributed by atoms with Crippen LogP contribution in [0.3, 0.4) is 0 Å². The highest BCUT2D eigenvalue weighted by atomic mass is 35.5. The summed E-state index contributed by atoms with van der Waals surface area (Å²) >= 11 is 11.7. The third kappa shape index (κ3) is 5.10. The first-order valence-electron chi connectivity index (χ1n) is 10.7. The van der Waals surface area contributed by atoms with Gasteiger partial charge in [0.1, 0.15) is 0 Å². The van der Waals surface area contributed by atoms with E-state index in [2.05, 4.69) is 42.7 Å². The zero-order chi connectivity index (χ0) is 20.9. The quantitative estimate of drug-likeness (QED) is 0.242. The Morgan fingerprint density at radius 1 is 1.34 bits per heavy atom. The first kappa shape index (κ1) is 22.5. The van der Waals surface area contributed by atoms with Gasteiger partial charge in [0.25, 0.3) is 0 Å². The zero-order valence-corrected chi connectivity index (χ0v) is 19.0. The minimum atomic E-state index is -0.603. The molecular formula is C24H31Cl2NO2. The molecule has 0 N–H and O–H groups in total. The molecule has 0 aromatic rings. The zero-order valence-electron chi connectivity index (χ0n) is 17.5. The van der Waals surface area contributed by atoms with Crippen LogP contribution in [0.2, 0.25) is 0 Å². The number of hydrogen-bond acceptors (Lipinski definition) is 3. The van der Waals surface area contributed by atoms with E-state index in [9.17, 15) is 4.79 Å². The van der Waals surface area contributed by atoms with Crippen LogP contribution in [0.1, 0.15) is 58.8 Å². The molecule has 1 fully saturated rings. The van der Waals surface area contributed by atoms with Gasteiger partial charge in [-0.25, -0.2) is 4.79 Å². The monoisotopic (exact) mass is 435 g/mol. The maximum Gasteiger partial charge on any atom is 0.332 e. The smallest absolute Gasteiger partial charge is 0.332 e. The highest BCUT2D eigenvalue weighted by Crippen LogP contribution is 2.44. The molecule has 3 heterocycles. The van der Waals surface area contributed by atoms with Crippen LogP contribution in [0.15, 0.2) is 34.9 Å². The molecule has 0 aliphatic carbocycles. The predicted molar refractivity (Wildman–Crippen MR) is 120 cm³/mol. The summed E-state index contributed by atoms with van der Waals surface area (Å²) in [6, 6.07) is 0.499. The number of halogens is 2. The number of nitrogens with zero attached hydrogens (tertiary/aromatic N) is 1. The number of piperidine rings is 1. The molecule has 0 spiro atoms. The number of unbranched alkanes of at least 4 members (excludes halogenated alkanes) is 1. The highest BCUT2D eigenvalue weighted by molar-refractivity contribution is 6.18. The van der Waals surface area contributed by atoms with Crippen molar-refractivity contribution in [3.05, 3.63) is 34.9 Å². The van der Waals surface area contributed by atoms with Crippen LogP contribution < -0.4 is 0 Å². The average Bonchev–Trinajstić information content (AvgIpc) is 2.99. The van der Waals surface area contributed by atoms with E-state index >= 15 is 0 Å². The van der Waals surface area contributed by atoms with Crippen molar-refractivity contribution in [3.8, 4) is 11.8 Å². The summed E-state index contributed by atoms with van der Waals surface area (Å²) in [5.74, 6) is 7.55. The Kier molecular flexibility index (Phi) is 7.91. The van der Waals surface area contributed by atoms with E-state index in [1.165, 1.54) is 12.8 Å². The van der Waals surface area contributed by atoms with Crippen LogP contribution in [0.25, 0.3) is 0 Å². The van der Waals surface area contributed by atoms with E-state index in [0.29, 0.717) is 11.8 Å². The molecule has 3 atom stereocenters. The standard InChI is InChI=1S/C24H31Cl2NO2/c1-18-15-20(16-19(10-8-13-26)9-4-3-6-12-25)21-17-23(28)29-24(21,2)22-11-5-7-14-27(18)22/h15-18,22H,3,5-8,10-14H2,1-2H3/b19-16+/t18-,22+,24-/m0/s1. The maximum absolute atomic E-state index is 12.3. The summed E-state index contributed by atoms with van der Waals surface area (Å²) in [5.41, 5.74) is 2.51. The van der Waals surface area contributed by atoms with Crippen molar-refractivity contribution >= 4 is 29.2 Å². The number of ether oxygens (including phenoxy) is 1. The molecule has 0 amide bonds. The van der Waals surface area contributed by atoms with Crippen molar-refractivity contribution in [2.75, 3.05) is 18.3 Å². The molecule has 5 heteroatoms. The lowest BCUT2D eigenvalue weighted by atomic mass is 9.80. The second kappa shape index (κ2) is 10.2. The predicted octanol–water partition coefficient (Wildman–Crippen LogP) is 5.38. The van der Waals surface area contributed by atoms with Gasteiger partial charge in [-0.15, -0.1) is 23.2 Å². The summed E-state index contributed by atoms with van der Waals surface area (Å²) < 4.78 is 5.94.